The van der Waals surface area contributed by atoms with Gasteiger partial charge in [0.25, 0.3) is 11.9 Å². The number of esters is 4. The molecule has 14 N–H and O–H groups in total. The van der Waals surface area contributed by atoms with Crippen molar-refractivity contribution < 1.29 is 67.4 Å². The van der Waals surface area contributed by atoms with Crippen LogP contribution in [0, 0.1) is 49.3 Å². The molecule has 0 aliphatic carbocycles. The summed E-state index contributed by atoms with van der Waals surface area (Å²) in [4.78, 5) is 140. The van der Waals surface area contributed by atoms with Crippen molar-refractivity contribution in [2.75, 3.05) is 39.8 Å². The maximum absolute atomic E-state index is 13.3. The second-order valence-electron chi connectivity index (χ2n) is 17.4. The van der Waals surface area contributed by atoms with Crippen molar-refractivity contribution >= 4 is 70.8 Å². The minimum atomic E-state index is -1.24. The molecule has 0 aromatic heterocycles. The number of carbonyl (C=O) groups excluding carboxylic acids is 8. The van der Waals surface area contributed by atoms with Gasteiger partial charge in [-0.05, 0) is 70.1 Å². The van der Waals surface area contributed by atoms with Gasteiger partial charge >= 0.3 is 23.9 Å². The van der Waals surface area contributed by atoms with Crippen molar-refractivity contribution in [3.63, 3.8) is 0 Å². The highest BCUT2D eigenvalue weighted by molar-refractivity contribution is 6.01. The summed E-state index contributed by atoms with van der Waals surface area (Å²) in [5, 5.41) is 19.4. The van der Waals surface area contributed by atoms with E-state index in [1.54, 1.807) is 10.9 Å². The summed E-state index contributed by atoms with van der Waals surface area (Å²) in [5.41, 5.74) is 35.4. The standard InChI is InChI=1S/C41H70N14O16/c1-25(56)17-30(57)18-26(9-5-13-48-37(42)43)33(60)68-23-69-34(61)27(10-6-14-49-38(44)45)19-31(58)21-32(59)20-28(11-7-15-50-39(46)52-54(64)65)35(62)70-24-71-36(63)29(22-41(2,3)4)12-8-16-51-40(47)53-55(66)67/h26-29H,5-24H2,1-4H3,(H4,42,43,48)(H4,44,45,49)(H3,46,50,52)(H3,47,51,53). The number of hydrogen-bond acceptors (Lipinski definition) is 20. The lowest BCUT2D eigenvalue weighted by atomic mass is 9.83. The Labute approximate surface area is 409 Å². The number of ketones is 4. The first-order valence-corrected chi connectivity index (χ1v) is 22.4. The normalized spacial score (nSPS) is 13.2. The van der Waals surface area contributed by atoms with E-state index in [4.69, 9.17) is 53.3 Å². The molecule has 0 aliphatic heterocycles. The average Bonchev–Trinajstić information content (AvgIpc) is 3.23. The Morgan fingerprint density at radius 2 is 0.803 bits per heavy atom. The highest BCUT2D eigenvalue weighted by Gasteiger charge is 2.30. The van der Waals surface area contributed by atoms with Gasteiger partial charge in [-0.1, -0.05) is 31.6 Å². The minimum absolute atomic E-state index is 0.0281. The van der Waals surface area contributed by atoms with Crippen LogP contribution in [0.5, 0.6) is 0 Å². The van der Waals surface area contributed by atoms with E-state index in [2.05, 4.69) is 20.0 Å². The van der Waals surface area contributed by atoms with E-state index in [-0.39, 0.29) is 101 Å². The molecule has 0 spiro atoms. The largest absolute Gasteiger partial charge is 0.428 e. The van der Waals surface area contributed by atoms with Crippen molar-refractivity contribution in [1.82, 2.24) is 10.9 Å². The molecule has 0 aromatic carbocycles. The van der Waals surface area contributed by atoms with E-state index < -0.39 is 132 Å². The van der Waals surface area contributed by atoms with Crippen LogP contribution in [0.4, 0.5) is 0 Å². The summed E-state index contributed by atoms with van der Waals surface area (Å²) in [6.45, 7) is 5.19. The molecule has 4 atom stereocenters. The summed E-state index contributed by atoms with van der Waals surface area (Å²) >= 11 is 0. The zero-order valence-corrected chi connectivity index (χ0v) is 40.6. The molecular formula is C41H70N14O16. The molecule has 0 saturated carbocycles. The summed E-state index contributed by atoms with van der Waals surface area (Å²) in [6.07, 6.45) is -1.33. The minimum Gasteiger partial charge on any atom is -0.428 e. The van der Waals surface area contributed by atoms with Crippen LogP contribution in [0.25, 0.3) is 0 Å². The van der Waals surface area contributed by atoms with Crippen LogP contribution in [0.1, 0.15) is 118 Å². The third kappa shape index (κ3) is 34.4. The lowest BCUT2D eigenvalue weighted by Gasteiger charge is -2.24. The molecule has 0 bridgehead atoms. The maximum atomic E-state index is 13.3. The molecule has 0 amide bonds. The Balaban J connectivity index is 5.97. The van der Waals surface area contributed by atoms with Crippen LogP contribution >= 0.6 is 0 Å². The van der Waals surface area contributed by atoms with Crippen LogP contribution in [0.2, 0.25) is 0 Å². The van der Waals surface area contributed by atoms with Gasteiger partial charge < -0.3 is 53.3 Å². The highest BCUT2D eigenvalue weighted by atomic mass is 16.7. The number of nitrogens with zero attached hydrogens (tertiary/aromatic N) is 6. The first-order chi connectivity index (χ1) is 33.2. The van der Waals surface area contributed by atoms with Gasteiger partial charge in [-0.15, -0.1) is 0 Å². The van der Waals surface area contributed by atoms with Crippen molar-refractivity contribution in [2.45, 2.75) is 118 Å². The fraction of sp³-hybridized carbons (Fsp3) is 0.707. The third-order valence-corrected chi connectivity index (χ3v) is 9.67. The van der Waals surface area contributed by atoms with Gasteiger partial charge in [0.15, 0.2) is 22.0 Å². The summed E-state index contributed by atoms with van der Waals surface area (Å²) in [5.74, 6) is -11.6. The lowest BCUT2D eigenvalue weighted by molar-refractivity contribution is -0.525. The molecule has 400 valence electrons. The topological polar surface area (TPSA) is 489 Å². The predicted molar refractivity (Wildman–Crippen MR) is 252 cm³/mol. The SMILES string of the molecule is CC(=O)CC(=O)CC(CCCN=C(N)N)C(=O)OCOC(=O)C(CCCN=C(N)N)CC(=O)CC(=O)CC(CCCN=C(N)N[N+](=O)[O-])C(=O)OCOC(=O)C(CCCN=C(N)N[N+](=O)[O-])CC(C)(C)C. The molecule has 4 unspecified atom stereocenters. The van der Waals surface area contributed by atoms with E-state index in [1.165, 1.54) is 6.92 Å². The fourth-order valence-electron chi connectivity index (χ4n) is 6.68. The van der Waals surface area contributed by atoms with Gasteiger partial charge in [-0.25, -0.2) is 30.2 Å². The Bertz CT molecular complexity index is 1950. The third-order valence-electron chi connectivity index (χ3n) is 9.67. The molecule has 0 fully saturated rings. The highest BCUT2D eigenvalue weighted by Crippen LogP contribution is 2.28. The van der Waals surface area contributed by atoms with Crippen LogP contribution < -0.4 is 45.3 Å². The molecular weight excluding hydrogens is 945 g/mol. The number of nitrogens with two attached hydrogens (primary N) is 6. The van der Waals surface area contributed by atoms with Crippen LogP contribution in [0.3, 0.4) is 0 Å². The molecule has 0 aliphatic rings. The number of Topliss-reactive ketones (excluding diaryl/α,β-unsaturated/α-hetero) is 4. The number of ether oxygens (including phenoxy) is 4. The second kappa shape index (κ2) is 34.7. The Morgan fingerprint density at radius 3 is 1.10 bits per heavy atom. The van der Waals surface area contributed by atoms with Crippen LogP contribution in [0.15, 0.2) is 20.0 Å². The predicted octanol–water partition coefficient (Wildman–Crippen LogP) is -0.918. The Kier molecular flexibility index (Phi) is 31.0. The molecule has 30 nitrogen and oxygen atoms in total. The number of hydrazine groups is 2. The van der Waals surface area contributed by atoms with E-state index in [9.17, 15) is 58.6 Å². The second-order valence-corrected chi connectivity index (χ2v) is 17.4. The van der Waals surface area contributed by atoms with E-state index >= 15 is 0 Å². The zero-order valence-electron chi connectivity index (χ0n) is 40.6. The van der Waals surface area contributed by atoms with Crippen LogP contribution in [-0.4, -0.2) is 121 Å². The number of nitrogens with one attached hydrogen (secondary N) is 2. The van der Waals surface area contributed by atoms with E-state index in [1.807, 2.05) is 20.8 Å². The number of carbonyl (C=O) groups is 8. The van der Waals surface area contributed by atoms with Crippen molar-refractivity contribution in [3.8, 4) is 0 Å². The lowest BCUT2D eigenvalue weighted by Crippen LogP contribution is -2.36. The smallest absolute Gasteiger partial charge is 0.312 e. The number of aliphatic imine (C=N–C) groups is 4. The number of rotatable bonds is 37. The van der Waals surface area contributed by atoms with Gasteiger partial charge in [0.2, 0.25) is 13.6 Å². The average molecular weight is 1020 g/mol. The molecule has 0 rings (SSSR count). The number of guanidine groups is 4. The Morgan fingerprint density at radius 1 is 0.507 bits per heavy atom. The monoisotopic (exact) mass is 1010 g/mol. The number of nitro groups is 2. The van der Waals surface area contributed by atoms with Crippen molar-refractivity contribution in [2.24, 2.45) is 83.5 Å². The first kappa shape index (κ1) is 63.4. The Hall–Kier alpha value is -7.56. The van der Waals surface area contributed by atoms with E-state index in [0.717, 1.165) is 0 Å². The van der Waals surface area contributed by atoms with Gasteiger partial charge in [0.1, 0.15) is 23.1 Å². The number of hydrogen-bond donors (Lipinski definition) is 8. The van der Waals surface area contributed by atoms with Gasteiger partial charge in [-0.2, -0.15) is 0 Å². The quantitative estimate of drug-likeness (QED) is 0.00545. The first-order valence-electron chi connectivity index (χ1n) is 22.4. The van der Waals surface area contributed by atoms with Gasteiger partial charge in [-0.3, -0.25) is 48.3 Å². The summed E-state index contributed by atoms with van der Waals surface area (Å²) < 4.78 is 20.8. The fourth-order valence-corrected chi connectivity index (χ4v) is 6.68. The van der Waals surface area contributed by atoms with Crippen molar-refractivity contribution in [1.29, 1.82) is 0 Å². The van der Waals surface area contributed by atoms with Gasteiger partial charge in [0.05, 0.1) is 36.5 Å². The maximum Gasteiger partial charge on any atom is 0.312 e. The molecule has 0 saturated heterocycles. The van der Waals surface area contributed by atoms with E-state index in [0.29, 0.717) is 6.42 Å². The molecule has 0 heterocycles. The summed E-state index contributed by atoms with van der Waals surface area (Å²) in [6, 6.07) is 0. The molecule has 71 heavy (non-hydrogen) atoms. The van der Waals surface area contributed by atoms with Crippen molar-refractivity contribution in [3.05, 3.63) is 20.2 Å². The summed E-state index contributed by atoms with van der Waals surface area (Å²) in [7, 11) is 0. The molecule has 30 heteroatoms. The molecule has 0 aromatic rings. The zero-order chi connectivity index (χ0) is 54.1. The van der Waals surface area contributed by atoms with Gasteiger partial charge in [0, 0.05) is 45.4 Å². The van der Waals surface area contributed by atoms with Crippen LogP contribution in [-0.2, 0) is 57.3 Å². The molecule has 0 radical (unpaired) electrons.